The van der Waals surface area contributed by atoms with Crippen LogP contribution in [0.2, 0.25) is 0 Å². The number of aliphatic hydroxyl groups excluding tert-OH is 1. The molecule has 1 aliphatic heterocycles. The summed E-state index contributed by atoms with van der Waals surface area (Å²) >= 11 is 0. The molecule has 68 valence electrons. The van der Waals surface area contributed by atoms with Gasteiger partial charge in [-0.15, -0.1) is 12.4 Å². The lowest BCUT2D eigenvalue weighted by molar-refractivity contribution is 0.0402. The molecule has 2 atom stereocenters. The van der Waals surface area contributed by atoms with Crippen LogP contribution < -0.4 is 5.32 Å². The normalized spacial score (nSPS) is 31.6. The van der Waals surface area contributed by atoms with Crippen molar-refractivity contribution in [3.63, 3.8) is 0 Å². The highest BCUT2D eigenvalue weighted by Gasteiger charge is 2.33. The number of nitrogens with one attached hydrogen (secondary N) is 1. The fourth-order valence-corrected chi connectivity index (χ4v) is 1.26. The van der Waals surface area contributed by atoms with Gasteiger partial charge in [0.25, 0.3) is 0 Å². The third kappa shape index (κ3) is 2.95. The molecule has 3 nitrogen and oxygen atoms in total. The molecule has 0 aromatic rings. The smallest absolute Gasteiger partial charge is 0.0745 e. The van der Waals surface area contributed by atoms with Gasteiger partial charge >= 0.3 is 0 Å². The van der Waals surface area contributed by atoms with Gasteiger partial charge in [0.05, 0.1) is 11.7 Å². The maximum atomic E-state index is 9.46. The second kappa shape index (κ2) is 3.72. The molecule has 11 heavy (non-hydrogen) atoms. The minimum absolute atomic E-state index is 0. The molecule has 0 aliphatic carbocycles. The van der Waals surface area contributed by atoms with Gasteiger partial charge in [0.2, 0.25) is 0 Å². The van der Waals surface area contributed by atoms with Crippen LogP contribution in [0.1, 0.15) is 20.3 Å². The summed E-state index contributed by atoms with van der Waals surface area (Å²) in [6, 6.07) is 0.0440. The Morgan fingerprint density at radius 1 is 1.45 bits per heavy atom. The predicted molar refractivity (Wildman–Crippen MR) is 46.0 cm³/mol. The van der Waals surface area contributed by atoms with Crippen molar-refractivity contribution in [2.45, 2.75) is 38.0 Å². The molecule has 0 radical (unpaired) electrons. The average Bonchev–Trinajstić information content (AvgIpc) is 2.11. The first-order valence-electron chi connectivity index (χ1n) is 3.64. The zero-order valence-corrected chi connectivity index (χ0v) is 7.69. The van der Waals surface area contributed by atoms with Crippen LogP contribution in [0.4, 0.5) is 0 Å². The Kier molecular flexibility index (Phi) is 3.77. The number of rotatable bonds is 1. The van der Waals surface area contributed by atoms with E-state index in [0.29, 0.717) is 13.0 Å². The van der Waals surface area contributed by atoms with Crippen molar-refractivity contribution in [2.24, 2.45) is 0 Å². The Bertz CT molecular complexity index is 124. The van der Waals surface area contributed by atoms with E-state index in [0.717, 1.165) is 0 Å². The first kappa shape index (κ1) is 11.2. The maximum absolute atomic E-state index is 9.46. The van der Waals surface area contributed by atoms with Crippen LogP contribution in [0.3, 0.4) is 0 Å². The van der Waals surface area contributed by atoms with Crippen molar-refractivity contribution in [2.75, 3.05) is 6.54 Å². The standard InChI is InChI=1S/C7H15NO2.ClH/c1-7(2,10)6-3-5(9)4-8-6;/h5-6,8-10H,3-4H2,1-2H3;1H/t5-,6-;/m0./s1. The molecular formula is C7H16ClNO2. The minimum atomic E-state index is -0.711. The molecule has 0 amide bonds. The van der Waals surface area contributed by atoms with Gasteiger partial charge in [-0.25, -0.2) is 0 Å². The van der Waals surface area contributed by atoms with E-state index in [1.165, 1.54) is 0 Å². The van der Waals surface area contributed by atoms with E-state index in [9.17, 15) is 5.11 Å². The van der Waals surface area contributed by atoms with Gasteiger partial charge in [0.15, 0.2) is 0 Å². The molecule has 0 spiro atoms. The highest BCUT2D eigenvalue weighted by Crippen LogP contribution is 2.17. The van der Waals surface area contributed by atoms with Gasteiger partial charge in [0.1, 0.15) is 0 Å². The Labute approximate surface area is 73.2 Å². The van der Waals surface area contributed by atoms with E-state index in [1.807, 2.05) is 0 Å². The van der Waals surface area contributed by atoms with Crippen LogP contribution >= 0.6 is 12.4 Å². The van der Waals surface area contributed by atoms with Crippen molar-refractivity contribution in [3.8, 4) is 0 Å². The van der Waals surface area contributed by atoms with Gasteiger partial charge in [-0.2, -0.15) is 0 Å². The summed E-state index contributed by atoms with van der Waals surface area (Å²) in [4.78, 5) is 0. The number of hydrogen-bond donors (Lipinski definition) is 3. The van der Waals surface area contributed by atoms with E-state index < -0.39 is 5.60 Å². The fraction of sp³-hybridized carbons (Fsp3) is 1.00. The largest absolute Gasteiger partial charge is 0.392 e. The monoisotopic (exact) mass is 181 g/mol. The van der Waals surface area contributed by atoms with Crippen LogP contribution in [0.5, 0.6) is 0 Å². The zero-order chi connectivity index (χ0) is 7.78. The molecule has 1 aliphatic rings. The first-order chi connectivity index (χ1) is 4.50. The minimum Gasteiger partial charge on any atom is -0.392 e. The summed E-state index contributed by atoms with van der Waals surface area (Å²) in [5.74, 6) is 0. The lowest BCUT2D eigenvalue weighted by atomic mass is 9.97. The zero-order valence-electron chi connectivity index (χ0n) is 6.87. The van der Waals surface area contributed by atoms with E-state index in [4.69, 9.17) is 5.11 Å². The van der Waals surface area contributed by atoms with E-state index in [-0.39, 0.29) is 24.6 Å². The van der Waals surface area contributed by atoms with E-state index >= 15 is 0 Å². The molecule has 1 fully saturated rings. The van der Waals surface area contributed by atoms with E-state index in [2.05, 4.69) is 5.32 Å². The number of hydrogen-bond acceptors (Lipinski definition) is 3. The molecule has 1 rings (SSSR count). The molecule has 1 heterocycles. The van der Waals surface area contributed by atoms with E-state index in [1.54, 1.807) is 13.8 Å². The predicted octanol–water partition coefficient (Wildman–Crippen LogP) is -0.0981. The highest BCUT2D eigenvalue weighted by atomic mass is 35.5. The number of β-amino-alcohol motifs (C(OH)–C–C–N with tert-alkyl or cyclic N) is 1. The lowest BCUT2D eigenvalue weighted by Gasteiger charge is -2.25. The van der Waals surface area contributed by atoms with Crippen molar-refractivity contribution < 1.29 is 10.2 Å². The summed E-state index contributed by atoms with van der Waals surface area (Å²) in [6.07, 6.45) is 0.375. The third-order valence-corrected chi connectivity index (χ3v) is 1.96. The first-order valence-corrected chi connectivity index (χ1v) is 3.64. The number of halogens is 1. The molecule has 0 aromatic heterocycles. The Balaban J connectivity index is 0.000001000. The van der Waals surface area contributed by atoms with Crippen molar-refractivity contribution >= 4 is 12.4 Å². The lowest BCUT2D eigenvalue weighted by Crippen LogP contribution is -2.42. The average molecular weight is 182 g/mol. The molecule has 0 bridgehead atoms. The Morgan fingerprint density at radius 2 is 2.00 bits per heavy atom. The maximum Gasteiger partial charge on any atom is 0.0745 e. The summed E-state index contributed by atoms with van der Waals surface area (Å²) in [5, 5.41) is 21.6. The van der Waals surface area contributed by atoms with Crippen LogP contribution in [0, 0.1) is 0 Å². The fourth-order valence-electron chi connectivity index (χ4n) is 1.26. The molecule has 1 saturated heterocycles. The summed E-state index contributed by atoms with van der Waals surface area (Å²) in [5.41, 5.74) is -0.711. The van der Waals surface area contributed by atoms with Gasteiger partial charge in [0, 0.05) is 12.6 Å². The quantitative estimate of drug-likeness (QED) is 0.530. The summed E-state index contributed by atoms with van der Waals surface area (Å²) < 4.78 is 0. The van der Waals surface area contributed by atoms with Crippen LogP contribution in [0.15, 0.2) is 0 Å². The van der Waals surface area contributed by atoms with Crippen molar-refractivity contribution in [1.29, 1.82) is 0 Å². The van der Waals surface area contributed by atoms with Crippen molar-refractivity contribution in [3.05, 3.63) is 0 Å². The van der Waals surface area contributed by atoms with Gasteiger partial charge in [-0.3, -0.25) is 0 Å². The number of aliphatic hydroxyl groups is 2. The second-order valence-corrected chi connectivity index (χ2v) is 3.50. The van der Waals surface area contributed by atoms with Crippen LogP contribution in [-0.2, 0) is 0 Å². The molecule has 0 aromatic carbocycles. The van der Waals surface area contributed by atoms with Gasteiger partial charge in [-0.1, -0.05) is 0 Å². The Morgan fingerprint density at radius 3 is 2.18 bits per heavy atom. The van der Waals surface area contributed by atoms with Gasteiger partial charge < -0.3 is 15.5 Å². The van der Waals surface area contributed by atoms with Crippen molar-refractivity contribution in [1.82, 2.24) is 5.32 Å². The molecule has 4 heteroatoms. The van der Waals surface area contributed by atoms with Crippen LogP contribution in [-0.4, -0.2) is 34.5 Å². The summed E-state index contributed by atoms with van der Waals surface area (Å²) in [6.45, 7) is 4.11. The Hall–Kier alpha value is 0.170. The second-order valence-electron chi connectivity index (χ2n) is 3.50. The molecule has 0 saturated carbocycles. The van der Waals surface area contributed by atoms with Gasteiger partial charge in [-0.05, 0) is 20.3 Å². The third-order valence-electron chi connectivity index (χ3n) is 1.96. The topological polar surface area (TPSA) is 52.5 Å². The summed E-state index contributed by atoms with van der Waals surface area (Å²) in [7, 11) is 0. The molecule has 3 N–H and O–H groups in total. The highest BCUT2D eigenvalue weighted by molar-refractivity contribution is 5.85. The SMILES string of the molecule is CC(C)(O)[C@@H]1C[C@H](O)CN1.Cl. The molecule has 0 unspecified atom stereocenters. The van der Waals surface area contributed by atoms with Crippen LogP contribution in [0.25, 0.3) is 0 Å². The molecular weight excluding hydrogens is 166 g/mol.